The lowest BCUT2D eigenvalue weighted by atomic mass is 9.99. The molecule has 0 aromatic rings. The van der Waals surface area contributed by atoms with Crippen molar-refractivity contribution in [3.05, 3.63) is 0 Å². The van der Waals surface area contributed by atoms with Crippen molar-refractivity contribution in [1.82, 2.24) is 0 Å². The summed E-state index contributed by atoms with van der Waals surface area (Å²) in [4.78, 5) is 0. The van der Waals surface area contributed by atoms with Crippen LogP contribution < -0.4 is 0 Å². The molecule has 0 aliphatic carbocycles. The van der Waals surface area contributed by atoms with E-state index in [9.17, 15) is 0 Å². The van der Waals surface area contributed by atoms with Gasteiger partial charge in [0.1, 0.15) is 0 Å². The molecule has 0 atom stereocenters. The third kappa shape index (κ3) is 3.31. The standard InChI is InChI=1S/C13H30O2Si/c1-8-9-10-11-16(14-6,15-7)13(4,5)12(2)3/h12H,8-11H2,1-7H3. The van der Waals surface area contributed by atoms with Gasteiger partial charge in [-0.15, -0.1) is 0 Å². The number of unbranched alkanes of at least 4 members (excludes halogenated alkanes) is 2. The van der Waals surface area contributed by atoms with Crippen molar-refractivity contribution in [3.63, 3.8) is 0 Å². The van der Waals surface area contributed by atoms with Crippen LogP contribution in [0.1, 0.15) is 53.9 Å². The fourth-order valence-corrected chi connectivity index (χ4v) is 6.05. The maximum absolute atomic E-state index is 5.88. The molecule has 0 heterocycles. The Morgan fingerprint density at radius 3 is 1.88 bits per heavy atom. The molecule has 0 spiro atoms. The summed E-state index contributed by atoms with van der Waals surface area (Å²) in [6, 6.07) is 1.11. The van der Waals surface area contributed by atoms with Crippen LogP contribution in [-0.4, -0.2) is 22.8 Å². The molecule has 0 radical (unpaired) electrons. The molecule has 0 bridgehead atoms. The zero-order valence-corrected chi connectivity index (χ0v) is 13.2. The third-order valence-corrected chi connectivity index (χ3v) is 9.07. The molecule has 0 saturated heterocycles. The highest BCUT2D eigenvalue weighted by Gasteiger charge is 2.51. The Labute approximate surface area is 103 Å². The predicted molar refractivity (Wildman–Crippen MR) is 73.0 cm³/mol. The van der Waals surface area contributed by atoms with Crippen LogP contribution in [0, 0.1) is 5.92 Å². The normalized spacial score (nSPS) is 13.5. The molecule has 0 aromatic heterocycles. The van der Waals surface area contributed by atoms with Crippen LogP contribution in [0.4, 0.5) is 0 Å². The molecule has 3 heteroatoms. The Morgan fingerprint density at radius 1 is 1.06 bits per heavy atom. The van der Waals surface area contributed by atoms with E-state index in [4.69, 9.17) is 8.85 Å². The van der Waals surface area contributed by atoms with E-state index in [0.717, 1.165) is 6.04 Å². The van der Waals surface area contributed by atoms with Gasteiger partial charge in [-0.1, -0.05) is 53.9 Å². The largest absolute Gasteiger partial charge is 0.397 e. The molecule has 0 amide bonds. The molecule has 0 aliphatic rings. The average molecular weight is 246 g/mol. The number of rotatable bonds is 8. The van der Waals surface area contributed by atoms with Crippen molar-refractivity contribution in [2.75, 3.05) is 14.2 Å². The lowest BCUT2D eigenvalue weighted by molar-refractivity contribution is 0.190. The van der Waals surface area contributed by atoms with Crippen LogP contribution in [0.3, 0.4) is 0 Å². The van der Waals surface area contributed by atoms with Crippen LogP contribution in [0.5, 0.6) is 0 Å². The smallest absolute Gasteiger partial charge is 0.343 e. The van der Waals surface area contributed by atoms with Gasteiger partial charge in [-0.25, -0.2) is 0 Å². The van der Waals surface area contributed by atoms with Gasteiger partial charge in [0, 0.05) is 19.3 Å². The van der Waals surface area contributed by atoms with E-state index in [-0.39, 0.29) is 5.04 Å². The molecular formula is C13H30O2Si. The highest BCUT2D eigenvalue weighted by atomic mass is 28.4. The van der Waals surface area contributed by atoms with Gasteiger partial charge in [0.05, 0.1) is 0 Å². The maximum Gasteiger partial charge on any atom is 0.343 e. The fourth-order valence-electron chi connectivity index (χ4n) is 2.18. The summed E-state index contributed by atoms with van der Waals surface area (Å²) in [5.74, 6) is 0.584. The zero-order valence-electron chi connectivity index (χ0n) is 12.2. The van der Waals surface area contributed by atoms with Crippen molar-refractivity contribution < 1.29 is 8.85 Å². The highest BCUT2D eigenvalue weighted by Crippen LogP contribution is 2.47. The van der Waals surface area contributed by atoms with Crippen LogP contribution in [-0.2, 0) is 8.85 Å². The Balaban J connectivity index is 4.79. The van der Waals surface area contributed by atoms with Crippen molar-refractivity contribution in [2.45, 2.75) is 65.0 Å². The monoisotopic (exact) mass is 246 g/mol. The lowest BCUT2D eigenvalue weighted by Gasteiger charge is -2.44. The van der Waals surface area contributed by atoms with E-state index in [2.05, 4.69) is 34.6 Å². The lowest BCUT2D eigenvalue weighted by Crippen LogP contribution is -2.52. The molecule has 0 rings (SSSR count). The highest BCUT2D eigenvalue weighted by molar-refractivity contribution is 6.70. The van der Waals surface area contributed by atoms with Crippen LogP contribution in [0.15, 0.2) is 0 Å². The van der Waals surface area contributed by atoms with Crippen LogP contribution in [0.25, 0.3) is 0 Å². The van der Waals surface area contributed by atoms with E-state index >= 15 is 0 Å². The van der Waals surface area contributed by atoms with E-state index in [0.29, 0.717) is 5.92 Å². The molecule has 0 unspecified atom stereocenters. The van der Waals surface area contributed by atoms with Gasteiger partial charge in [0.25, 0.3) is 0 Å². The second kappa shape index (κ2) is 6.77. The average Bonchev–Trinajstić information content (AvgIpc) is 2.24. The second-order valence-corrected chi connectivity index (χ2v) is 9.61. The van der Waals surface area contributed by atoms with Crippen molar-refractivity contribution in [3.8, 4) is 0 Å². The molecule has 0 aromatic carbocycles. The topological polar surface area (TPSA) is 18.5 Å². The first-order valence-corrected chi connectivity index (χ1v) is 8.50. The second-order valence-electron chi connectivity index (χ2n) is 5.49. The summed E-state index contributed by atoms with van der Waals surface area (Å²) < 4.78 is 11.8. The van der Waals surface area contributed by atoms with Crippen molar-refractivity contribution in [2.24, 2.45) is 5.92 Å². The first-order valence-electron chi connectivity index (χ1n) is 6.48. The summed E-state index contributed by atoms with van der Waals surface area (Å²) in [5.41, 5.74) is 0. The van der Waals surface area contributed by atoms with E-state index in [1.54, 1.807) is 0 Å². The number of hydrogen-bond donors (Lipinski definition) is 0. The summed E-state index contributed by atoms with van der Waals surface area (Å²) in [7, 11) is 1.58. The summed E-state index contributed by atoms with van der Waals surface area (Å²) in [6.07, 6.45) is 3.75. The summed E-state index contributed by atoms with van der Waals surface area (Å²) in [6.45, 7) is 11.3. The van der Waals surface area contributed by atoms with Gasteiger partial charge in [-0.3, -0.25) is 0 Å². The molecule has 0 aliphatic heterocycles. The SMILES string of the molecule is CCCCC[Si](OC)(OC)C(C)(C)C(C)C. The van der Waals surface area contributed by atoms with Crippen molar-refractivity contribution in [1.29, 1.82) is 0 Å². The van der Waals surface area contributed by atoms with Crippen LogP contribution >= 0.6 is 0 Å². The molecule has 0 N–H and O–H groups in total. The van der Waals surface area contributed by atoms with Gasteiger partial charge in [0.2, 0.25) is 0 Å². The quantitative estimate of drug-likeness (QED) is 0.468. The minimum absolute atomic E-state index is 0.157. The van der Waals surface area contributed by atoms with Gasteiger partial charge in [-0.2, -0.15) is 0 Å². The fraction of sp³-hybridized carbons (Fsp3) is 1.00. The first kappa shape index (κ1) is 16.1. The molecule has 2 nitrogen and oxygen atoms in total. The van der Waals surface area contributed by atoms with Gasteiger partial charge >= 0.3 is 8.56 Å². The zero-order chi connectivity index (χ0) is 12.8. The van der Waals surface area contributed by atoms with Crippen LogP contribution in [0.2, 0.25) is 11.1 Å². The Morgan fingerprint density at radius 2 is 1.56 bits per heavy atom. The molecule has 98 valence electrons. The maximum atomic E-state index is 5.88. The van der Waals surface area contributed by atoms with Gasteiger partial charge < -0.3 is 8.85 Å². The van der Waals surface area contributed by atoms with E-state index < -0.39 is 8.56 Å². The van der Waals surface area contributed by atoms with E-state index in [1.165, 1.54) is 19.3 Å². The predicted octanol–water partition coefficient (Wildman–Crippen LogP) is 4.35. The van der Waals surface area contributed by atoms with Crippen molar-refractivity contribution >= 4 is 8.56 Å². The Bertz CT molecular complexity index is 186. The molecule has 0 saturated carbocycles. The molecule has 0 fully saturated rings. The minimum Gasteiger partial charge on any atom is -0.397 e. The summed E-state index contributed by atoms with van der Waals surface area (Å²) in [5, 5.41) is 0.157. The van der Waals surface area contributed by atoms with Gasteiger partial charge in [-0.05, 0) is 12.0 Å². The van der Waals surface area contributed by atoms with E-state index in [1.807, 2.05) is 14.2 Å². The Hall–Kier alpha value is 0.137. The van der Waals surface area contributed by atoms with Gasteiger partial charge in [0.15, 0.2) is 0 Å². The molecule has 16 heavy (non-hydrogen) atoms. The Kier molecular flexibility index (Phi) is 6.83. The molecular weight excluding hydrogens is 216 g/mol. The number of hydrogen-bond acceptors (Lipinski definition) is 2. The third-order valence-electron chi connectivity index (χ3n) is 4.19. The first-order chi connectivity index (χ1) is 7.38. The minimum atomic E-state index is -2.07. The summed E-state index contributed by atoms with van der Waals surface area (Å²) >= 11 is 0.